The van der Waals surface area contributed by atoms with Gasteiger partial charge in [0.1, 0.15) is 22.5 Å². The van der Waals surface area contributed by atoms with Crippen molar-refractivity contribution in [2.75, 3.05) is 0 Å². The molecule has 3 rings (SSSR count). The summed E-state index contributed by atoms with van der Waals surface area (Å²) in [4.78, 5) is 14.8. The Bertz CT molecular complexity index is 654. The lowest BCUT2D eigenvalue weighted by atomic mass is 10.2. The van der Waals surface area contributed by atoms with Crippen LogP contribution in [0.25, 0.3) is 21.5 Å². The van der Waals surface area contributed by atoms with Crippen molar-refractivity contribution in [3.05, 3.63) is 41.6 Å². The second-order valence-electron chi connectivity index (χ2n) is 3.34. The maximum absolute atomic E-state index is 10.6. The van der Waals surface area contributed by atoms with E-state index in [1.165, 1.54) is 11.3 Å². The number of carbonyl (C=O) groups is 1. The Labute approximate surface area is 95.4 Å². The van der Waals surface area contributed by atoms with Gasteiger partial charge in [-0.1, -0.05) is 18.2 Å². The van der Waals surface area contributed by atoms with Crippen molar-refractivity contribution in [3.8, 4) is 10.6 Å². The van der Waals surface area contributed by atoms with Crippen molar-refractivity contribution < 1.29 is 9.21 Å². The fraction of sp³-hybridized carbons (Fsp3) is 0. The van der Waals surface area contributed by atoms with Crippen LogP contribution in [0, 0.1) is 0 Å². The number of aldehydes is 1. The van der Waals surface area contributed by atoms with E-state index in [1.807, 2.05) is 24.3 Å². The number of benzene rings is 1. The van der Waals surface area contributed by atoms with Crippen molar-refractivity contribution >= 4 is 28.6 Å². The topological polar surface area (TPSA) is 43.1 Å². The Kier molecular flexibility index (Phi) is 2.08. The predicted octanol–water partition coefficient (Wildman–Crippen LogP) is 3.37. The fourth-order valence-electron chi connectivity index (χ4n) is 1.61. The molecular formula is C12H7NO2S. The molecule has 0 spiro atoms. The average Bonchev–Trinajstić information content (AvgIpc) is 2.94. The number of furan rings is 1. The van der Waals surface area contributed by atoms with Gasteiger partial charge in [0, 0.05) is 10.8 Å². The lowest BCUT2D eigenvalue weighted by Crippen LogP contribution is -1.78. The van der Waals surface area contributed by atoms with Gasteiger partial charge in [-0.15, -0.1) is 11.3 Å². The number of hydrogen-bond acceptors (Lipinski definition) is 4. The van der Waals surface area contributed by atoms with Crippen LogP contribution in [0.1, 0.15) is 10.5 Å². The van der Waals surface area contributed by atoms with Crippen molar-refractivity contribution in [1.82, 2.24) is 4.98 Å². The minimum Gasteiger partial charge on any atom is -0.464 e. The first-order valence-electron chi connectivity index (χ1n) is 4.76. The zero-order valence-corrected chi connectivity index (χ0v) is 9.03. The van der Waals surface area contributed by atoms with Gasteiger partial charge in [-0.3, -0.25) is 4.79 Å². The smallest absolute Gasteiger partial charge is 0.169 e. The molecule has 0 saturated heterocycles. The Morgan fingerprint density at radius 1 is 1.31 bits per heavy atom. The van der Waals surface area contributed by atoms with Crippen LogP contribution >= 0.6 is 11.3 Å². The van der Waals surface area contributed by atoms with Crippen molar-refractivity contribution in [2.45, 2.75) is 0 Å². The van der Waals surface area contributed by atoms with Crippen LogP contribution in [0.15, 0.2) is 40.3 Å². The second-order valence-corrected chi connectivity index (χ2v) is 4.20. The van der Waals surface area contributed by atoms with Crippen LogP contribution < -0.4 is 0 Å². The molecule has 4 heteroatoms. The third-order valence-corrected chi connectivity index (χ3v) is 3.25. The summed E-state index contributed by atoms with van der Waals surface area (Å²) in [7, 11) is 0. The molecule has 0 N–H and O–H groups in total. The Morgan fingerprint density at radius 2 is 2.19 bits per heavy atom. The van der Waals surface area contributed by atoms with Gasteiger partial charge in [-0.25, -0.2) is 4.98 Å². The molecule has 0 unspecified atom stereocenters. The standard InChI is InChI=1S/C12H7NO2S/c14-5-8-7-16-12(13-8)10-6-15-11-4-2-1-3-9(10)11/h1-7H. The van der Waals surface area contributed by atoms with Gasteiger partial charge in [0.05, 0.1) is 5.56 Å². The highest BCUT2D eigenvalue weighted by molar-refractivity contribution is 7.13. The minimum atomic E-state index is 0.463. The molecule has 0 radical (unpaired) electrons. The number of para-hydroxylation sites is 1. The van der Waals surface area contributed by atoms with E-state index in [-0.39, 0.29) is 0 Å². The molecular weight excluding hydrogens is 222 g/mol. The van der Waals surface area contributed by atoms with Gasteiger partial charge in [-0.2, -0.15) is 0 Å². The highest BCUT2D eigenvalue weighted by Gasteiger charge is 2.10. The van der Waals surface area contributed by atoms with E-state index in [0.717, 1.165) is 27.8 Å². The highest BCUT2D eigenvalue weighted by Crippen LogP contribution is 2.32. The van der Waals surface area contributed by atoms with E-state index in [9.17, 15) is 4.79 Å². The third-order valence-electron chi connectivity index (χ3n) is 2.35. The third kappa shape index (κ3) is 1.35. The summed E-state index contributed by atoms with van der Waals surface area (Å²) < 4.78 is 5.42. The Morgan fingerprint density at radius 3 is 3.00 bits per heavy atom. The molecule has 16 heavy (non-hydrogen) atoms. The molecule has 0 fully saturated rings. The summed E-state index contributed by atoms with van der Waals surface area (Å²) in [6.07, 6.45) is 2.43. The maximum Gasteiger partial charge on any atom is 0.169 e. The molecule has 0 aliphatic rings. The number of rotatable bonds is 2. The monoisotopic (exact) mass is 229 g/mol. The predicted molar refractivity (Wildman–Crippen MR) is 62.7 cm³/mol. The Balaban J connectivity index is 2.21. The molecule has 0 bridgehead atoms. The van der Waals surface area contributed by atoms with E-state index in [4.69, 9.17) is 4.42 Å². The number of hydrogen-bond donors (Lipinski definition) is 0. The van der Waals surface area contributed by atoms with Crippen molar-refractivity contribution in [2.24, 2.45) is 0 Å². The van der Waals surface area contributed by atoms with Crippen LogP contribution in [0.4, 0.5) is 0 Å². The van der Waals surface area contributed by atoms with E-state index in [1.54, 1.807) is 11.6 Å². The molecule has 0 amide bonds. The van der Waals surface area contributed by atoms with Gasteiger partial charge in [0.15, 0.2) is 6.29 Å². The summed E-state index contributed by atoms with van der Waals surface area (Å²) in [6, 6.07) is 7.77. The van der Waals surface area contributed by atoms with Gasteiger partial charge >= 0.3 is 0 Å². The number of aromatic nitrogens is 1. The van der Waals surface area contributed by atoms with Crippen LogP contribution in [-0.4, -0.2) is 11.3 Å². The summed E-state index contributed by atoms with van der Waals surface area (Å²) in [5.74, 6) is 0. The number of thiazole rings is 1. The zero-order valence-electron chi connectivity index (χ0n) is 8.21. The van der Waals surface area contributed by atoms with Crippen LogP contribution in [0.2, 0.25) is 0 Å². The van der Waals surface area contributed by atoms with Gasteiger partial charge in [0.25, 0.3) is 0 Å². The van der Waals surface area contributed by atoms with Gasteiger partial charge in [0.2, 0.25) is 0 Å². The molecule has 1 aromatic carbocycles. The first-order valence-corrected chi connectivity index (χ1v) is 5.64. The summed E-state index contributed by atoms with van der Waals surface area (Å²) >= 11 is 1.44. The first kappa shape index (κ1) is 9.30. The molecule has 2 heterocycles. The number of fused-ring (bicyclic) bond motifs is 1. The molecule has 0 atom stereocenters. The zero-order chi connectivity index (χ0) is 11.0. The largest absolute Gasteiger partial charge is 0.464 e. The quantitative estimate of drug-likeness (QED) is 0.633. The average molecular weight is 229 g/mol. The van der Waals surface area contributed by atoms with E-state index in [2.05, 4.69) is 4.98 Å². The van der Waals surface area contributed by atoms with E-state index in [0.29, 0.717) is 5.69 Å². The minimum absolute atomic E-state index is 0.463. The fourth-order valence-corrected chi connectivity index (χ4v) is 2.39. The molecule has 3 nitrogen and oxygen atoms in total. The molecule has 0 aliphatic carbocycles. The van der Waals surface area contributed by atoms with E-state index >= 15 is 0 Å². The second kappa shape index (κ2) is 3.57. The maximum atomic E-state index is 10.6. The SMILES string of the molecule is O=Cc1csc(-c2coc3ccccc23)n1. The Hall–Kier alpha value is -1.94. The van der Waals surface area contributed by atoms with Crippen molar-refractivity contribution in [1.29, 1.82) is 0 Å². The molecule has 3 aromatic rings. The molecule has 0 aliphatic heterocycles. The summed E-state index contributed by atoms with van der Waals surface area (Å²) in [5, 5.41) is 3.57. The highest BCUT2D eigenvalue weighted by atomic mass is 32.1. The summed E-state index contributed by atoms with van der Waals surface area (Å²) in [5.41, 5.74) is 2.24. The molecule has 78 valence electrons. The molecule has 2 aromatic heterocycles. The molecule has 0 saturated carbocycles. The number of nitrogens with zero attached hydrogens (tertiary/aromatic N) is 1. The van der Waals surface area contributed by atoms with Crippen molar-refractivity contribution in [3.63, 3.8) is 0 Å². The van der Waals surface area contributed by atoms with Crippen LogP contribution in [0.5, 0.6) is 0 Å². The van der Waals surface area contributed by atoms with Gasteiger partial charge < -0.3 is 4.42 Å². The van der Waals surface area contributed by atoms with Crippen LogP contribution in [-0.2, 0) is 0 Å². The summed E-state index contributed by atoms with van der Waals surface area (Å²) in [6.45, 7) is 0. The van der Waals surface area contributed by atoms with Gasteiger partial charge in [-0.05, 0) is 6.07 Å². The first-order chi connectivity index (χ1) is 7.88. The lowest BCUT2D eigenvalue weighted by molar-refractivity contribution is 0.111. The normalized spacial score (nSPS) is 10.8. The van der Waals surface area contributed by atoms with Crippen LogP contribution in [0.3, 0.4) is 0 Å². The number of carbonyl (C=O) groups excluding carboxylic acids is 1. The van der Waals surface area contributed by atoms with E-state index < -0.39 is 0 Å². The lowest BCUT2D eigenvalue weighted by Gasteiger charge is -1.90.